The summed E-state index contributed by atoms with van der Waals surface area (Å²) < 4.78 is 10.6. The third-order valence-electron chi connectivity index (χ3n) is 3.76. The average Bonchev–Trinajstić information content (AvgIpc) is 2.50. The first-order chi connectivity index (χ1) is 10.2. The molecular formula is C18H23NO2. The van der Waals surface area contributed by atoms with Gasteiger partial charge in [0.05, 0.1) is 14.2 Å². The van der Waals surface area contributed by atoms with Gasteiger partial charge in [0.1, 0.15) is 11.5 Å². The molecule has 0 aliphatic heterocycles. The lowest BCUT2D eigenvalue weighted by Crippen LogP contribution is -2.15. The smallest absolute Gasteiger partial charge is 0.127 e. The molecule has 3 heteroatoms. The fourth-order valence-corrected chi connectivity index (χ4v) is 2.45. The highest BCUT2D eigenvalue weighted by molar-refractivity contribution is 5.41. The molecule has 0 saturated heterocycles. The van der Waals surface area contributed by atoms with E-state index in [0.29, 0.717) is 0 Å². The van der Waals surface area contributed by atoms with Crippen LogP contribution in [-0.4, -0.2) is 14.2 Å². The molecule has 21 heavy (non-hydrogen) atoms. The number of rotatable bonds is 6. The second-order valence-electron chi connectivity index (χ2n) is 5.15. The van der Waals surface area contributed by atoms with E-state index in [1.54, 1.807) is 14.2 Å². The maximum absolute atomic E-state index is 5.42. The molecule has 1 N–H and O–H groups in total. The molecule has 0 atom stereocenters. The van der Waals surface area contributed by atoms with Gasteiger partial charge in [-0.05, 0) is 36.6 Å². The van der Waals surface area contributed by atoms with E-state index < -0.39 is 0 Å². The zero-order valence-corrected chi connectivity index (χ0v) is 13.2. The van der Waals surface area contributed by atoms with Crippen LogP contribution < -0.4 is 14.8 Å². The second-order valence-corrected chi connectivity index (χ2v) is 5.15. The predicted molar refractivity (Wildman–Crippen MR) is 86.0 cm³/mol. The Balaban J connectivity index is 2.03. The van der Waals surface area contributed by atoms with Crippen LogP contribution in [0, 0.1) is 13.8 Å². The van der Waals surface area contributed by atoms with Gasteiger partial charge in [-0.25, -0.2) is 0 Å². The third kappa shape index (κ3) is 3.76. The Kier molecular flexibility index (Phi) is 5.23. The highest BCUT2D eigenvalue weighted by Crippen LogP contribution is 2.24. The van der Waals surface area contributed by atoms with Crippen molar-refractivity contribution in [1.29, 1.82) is 0 Å². The molecule has 3 nitrogen and oxygen atoms in total. The Morgan fingerprint density at radius 1 is 0.905 bits per heavy atom. The summed E-state index contributed by atoms with van der Waals surface area (Å²) in [5.74, 6) is 1.66. The minimum atomic E-state index is 0.765. The van der Waals surface area contributed by atoms with Crippen molar-refractivity contribution in [2.75, 3.05) is 14.2 Å². The maximum Gasteiger partial charge on any atom is 0.127 e. The van der Waals surface area contributed by atoms with Crippen LogP contribution in [0.25, 0.3) is 0 Å². The van der Waals surface area contributed by atoms with Gasteiger partial charge in [-0.1, -0.05) is 24.3 Å². The molecule has 0 amide bonds. The monoisotopic (exact) mass is 285 g/mol. The molecule has 0 radical (unpaired) electrons. The van der Waals surface area contributed by atoms with Crippen LogP contribution in [0.2, 0.25) is 0 Å². The molecule has 2 rings (SSSR count). The lowest BCUT2D eigenvalue weighted by Gasteiger charge is -2.13. The number of methoxy groups -OCH3 is 2. The summed E-state index contributed by atoms with van der Waals surface area (Å²) in [6, 6.07) is 12.3. The number of nitrogens with one attached hydrogen (secondary N) is 1. The van der Waals surface area contributed by atoms with Crippen molar-refractivity contribution in [3.8, 4) is 11.5 Å². The minimum absolute atomic E-state index is 0.765. The van der Waals surface area contributed by atoms with Gasteiger partial charge in [-0.2, -0.15) is 0 Å². The van der Waals surface area contributed by atoms with Crippen LogP contribution in [0.1, 0.15) is 22.3 Å². The SMILES string of the molecule is COc1ccc(CNCc2c(C)cccc2C)c(OC)c1. The van der Waals surface area contributed by atoms with Crippen molar-refractivity contribution in [2.45, 2.75) is 26.9 Å². The second kappa shape index (κ2) is 7.14. The highest BCUT2D eigenvalue weighted by atomic mass is 16.5. The van der Waals surface area contributed by atoms with Crippen LogP contribution in [0.15, 0.2) is 36.4 Å². The highest BCUT2D eigenvalue weighted by Gasteiger charge is 2.06. The number of benzene rings is 2. The van der Waals surface area contributed by atoms with Gasteiger partial charge >= 0.3 is 0 Å². The Labute approximate surface area is 126 Å². The van der Waals surface area contributed by atoms with Crippen LogP contribution in [-0.2, 0) is 13.1 Å². The zero-order valence-electron chi connectivity index (χ0n) is 13.2. The van der Waals surface area contributed by atoms with Crippen LogP contribution in [0.3, 0.4) is 0 Å². The quantitative estimate of drug-likeness (QED) is 0.879. The van der Waals surface area contributed by atoms with Gasteiger partial charge in [0.2, 0.25) is 0 Å². The molecule has 0 saturated carbocycles. The fraction of sp³-hybridized carbons (Fsp3) is 0.333. The number of hydrogen-bond donors (Lipinski definition) is 1. The van der Waals surface area contributed by atoms with Gasteiger partial charge in [-0.15, -0.1) is 0 Å². The Morgan fingerprint density at radius 2 is 1.62 bits per heavy atom. The van der Waals surface area contributed by atoms with E-state index in [-0.39, 0.29) is 0 Å². The normalized spacial score (nSPS) is 10.5. The summed E-state index contributed by atoms with van der Waals surface area (Å²) in [6.45, 7) is 5.92. The van der Waals surface area contributed by atoms with Crippen molar-refractivity contribution in [2.24, 2.45) is 0 Å². The maximum atomic E-state index is 5.42. The molecule has 0 aromatic heterocycles. The lowest BCUT2D eigenvalue weighted by atomic mass is 10.0. The van der Waals surface area contributed by atoms with Gasteiger partial charge in [0.15, 0.2) is 0 Å². The lowest BCUT2D eigenvalue weighted by molar-refractivity contribution is 0.390. The van der Waals surface area contributed by atoms with Crippen LogP contribution in [0.4, 0.5) is 0 Å². The van der Waals surface area contributed by atoms with Gasteiger partial charge in [0, 0.05) is 24.7 Å². The van der Waals surface area contributed by atoms with Gasteiger partial charge < -0.3 is 14.8 Å². The predicted octanol–water partition coefficient (Wildman–Crippen LogP) is 3.61. The van der Waals surface area contributed by atoms with E-state index in [0.717, 1.165) is 30.2 Å². The number of hydrogen-bond acceptors (Lipinski definition) is 3. The Bertz CT molecular complexity index is 588. The summed E-state index contributed by atoms with van der Waals surface area (Å²) >= 11 is 0. The van der Waals surface area contributed by atoms with E-state index in [4.69, 9.17) is 9.47 Å². The van der Waals surface area contributed by atoms with Crippen molar-refractivity contribution in [3.63, 3.8) is 0 Å². The summed E-state index contributed by atoms with van der Waals surface area (Å²) in [5.41, 5.74) is 5.14. The van der Waals surface area contributed by atoms with E-state index >= 15 is 0 Å². The van der Waals surface area contributed by atoms with Gasteiger partial charge in [0.25, 0.3) is 0 Å². The fourth-order valence-electron chi connectivity index (χ4n) is 2.45. The molecule has 0 aliphatic rings. The first-order valence-electron chi connectivity index (χ1n) is 7.12. The van der Waals surface area contributed by atoms with Crippen LogP contribution >= 0.6 is 0 Å². The zero-order chi connectivity index (χ0) is 15.2. The standard InChI is InChI=1S/C18H23NO2/c1-13-6-5-7-14(2)17(13)12-19-11-15-8-9-16(20-3)10-18(15)21-4/h5-10,19H,11-12H2,1-4H3. The summed E-state index contributed by atoms with van der Waals surface area (Å²) in [6.07, 6.45) is 0. The molecule has 112 valence electrons. The molecule has 0 unspecified atom stereocenters. The van der Waals surface area contributed by atoms with Gasteiger partial charge in [-0.3, -0.25) is 0 Å². The van der Waals surface area contributed by atoms with E-state index in [2.05, 4.69) is 37.4 Å². The Morgan fingerprint density at radius 3 is 2.24 bits per heavy atom. The van der Waals surface area contributed by atoms with Crippen LogP contribution in [0.5, 0.6) is 11.5 Å². The summed E-state index contributed by atoms with van der Waals surface area (Å²) in [4.78, 5) is 0. The first kappa shape index (κ1) is 15.4. The number of aryl methyl sites for hydroxylation is 2. The Hall–Kier alpha value is -2.00. The molecule has 0 aliphatic carbocycles. The molecule has 0 bridgehead atoms. The average molecular weight is 285 g/mol. The largest absolute Gasteiger partial charge is 0.497 e. The van der Waals surface area contributed by atoms with Crippen molar-refractivity contribution < 1.29 is 9.47 Å². The van der Waals surface area contributed by atoms with E-state index in [1.165, 1.54) is 16.7 Å². The van der Waals surface area contributed by atoms with Crippen molar-refractivity contribution in [3.05, 3.63) is 58.7 Å². The van der Waals surface area contributed by atoms with Crippen molar-refractivity contribution in [1.82, 2.24) is 5.32 Å². The topological polar surface area (TPSA) is 30.5 Å². The molecule has 2 aromatic rings. The molecular weight excluding hydrogens is 262 g/mol. The molecule has 0 fully saturated rings. The summed E-state index contributed by atoms with van der Waals surface area (Å²) in [7, 11) is 3.34. The molecule has 0 heterocycles. The minimum Gasteiger partial charge on any atom is -0.497 e. The summed E-state index contributed by atoms with van der Waals surface area (Å²) in [5, 5.41) is 3.49. The number of ether oxygens (including phenoxy) is 2. The van der Waals surface area contributed by atoms with Crippen molar-refractivity contribution >= 4 is 0 Å². The third-order valence-corrected chi connectivity index (χ3v) is 3.76. The van der Waals surface area contributed by atoms with E-state index in [1.807, 2.05) is 18.2 Å². The molecule has 0 spiro atoms. The first-order valence-corrected chi connectivity index (χ1v) is 7.12. The van der Waals surface area contributed by atoms with E-state index in [9.17, 15) is 0 Å². The molecule has 2 aromatic carbocycles.